The molecule has 0 saturated heterocycles. The quantitative estimate of drug-likeness (QED) is 0.499. The van der Waals surface area contributed by atoms with E-state index in [9.17, 15) is 28.2 Å². The van der Waals surface area contributed by atoms with E-state index in [1.807, 2.05) is 6.07 Å². The molecular formula is C22H16ClNO7S-2. The zero-order chi connectivity index (χ0) is 23.3. The van der Waals surface area contributed by atoms with Crippen LogP contribution in [0.25, 0.3) is 0 Å². The second kappa shape index (κ2) is 9.82. The molecule has 0 aliphatic carbocycles. The third kappa shape index (κ3) is 5.85. The number of hydrogen-bond donors (Lipinski definition) is 1. The van der Waals surface area contributed by atoms with E-state index in [-0.39, 0.29) is 5.02 Å². The zero-order valence-electron chi connectivity index (χ0n) is 16.4. The number of aromatic carboxylic acids is 1. The first-order valence-corrected chi connectivity index (χ1v) is 11.1. The smallest absolute Gasteiger partial charge is 0.242 e. The van der Waals surface area contributed by atoms with Gasteiger partial charge in [0.05, 0.1) is 17.0 Å². The van der Waals surface area contributed by atoms with Crippen LogP contribution in [-0.4, -0.2) is 20.4 Å². The summed E-state index contributed by atoms with van der Waals surface area (Å²) in [5.41, 5.74) is -0.108. The van der Waals surface area contributed by atoms with Crippen molar-refractivity contribution in [1.29, 1.82) is 0 Å². The Morgan fingerprint density at radius 1 is 0.938 bits per heavy atom. The summed E-state index contributed by atoms with van der Waals surface area (Å²) in [6.07, 6.45) is -0.689. The van der Waals surface area contributed by atoms with E-state index in [4.69, 9.17) is 16.3 Å². The summed E-state index contributed by atoms with van der Waals surface area (Å²) in [7, 11) is -4.42. The molecule has 32 heavy (non-hydrogen) atoms. The lowest BCUT2D eigenvalue weighted by Gasteiger charge is -2.21. The third-order valence-corrected chi connectivity index (χ3v) is 6.32. The van der Waals surface area contributed by atoms with Crippen LogP contribution in [0, 0.1) is 0 Å². The van der Waals surface area contributed by atoms with Crippen LogP contribution < -0.4 is 19.7 Å². The van der Waals surface area contributed by atoms with E-state index in [1.54, 1.807) is 36.4 Å². The van der Waals surface area contributed by atoms with Crippen molar-refractivity contribution < 1.29 is 33.0 Å². The summed E-state index contributed by atoms with van der Waals surface area (Å²) in [5, 5.41) is 22.2. The molecule has 0 aliphatic rings. The Morgan fingerprint density at radius 3 is 2.28 bits per heavy atom. The van der Waals surface area contributed by atoms with E-state index >= 15 is 0 Å². The van der Waals surface area contributed by atoms with E-state index < -0.39 is 44.9 Å². The Balaban J connectivity index is 1.94. The number of carbonyl (C=O) groups excluding carboxylic acids is 2. The second-order valence-corrected chi connectivity index (χ2v) is 8.76. The first-order chi connectivity index (χ1) is 15.2. The fourth-order valence-electron chi connectivity index (χ4n) is 2.90. The number of nitrogens with one attached hydrogen (secondary N) is 1. The molecule has 0 saturated carbocycles. The molecular weight excluding hydrogens is 458 g/mol. The Kier molecular flexibility index (Phi) is 7.14. The van der Waals surface area contributed by atoms with E-state index in [0.717, 1.165) is 18.2 Å². The van der Waals surface area contributed by atoms with Gasteiger partial charge in [-0.25, -0.2) is 13.1 Å². The SMILES string of the molecule is O=C([O-])CC(NS(=O)(=O)c1cc(C(=O)[O-])ccc1Cl)c1cccc(Oc2ccccc2)c1. The van der Waals surface area contributed by atoms with Crippen LogP contribution in [0.3, 0.4) is 0 Å². The summed E-state index contributed by atoms with van der Waals surface area (Å²) in [4.78, 5) is 21.9. The fourth-order valence-corrected chi connectivity index (χ4v) is 4.65. The summed E-state index contributed by atoms with van der Waals surface area (Å²) >= 11 is 5.95. The fraction of sp³-hybridized carbons (Fsp3) is 0.0909. The number of carboxylic acid groups (broad SMARTS) is 2. The number of sulfonamides is 1. The minimum atomic E-state index is -4.42. The average Bonchev–Trinajstić information content (AvgIpc) is 2.73. The van der Waals surface area contributed by atoms with Crippen LogP contribution in [-0.2, 0) is 14.8 Å². The van der Waals surface area contributed by atoms with Crippen molar-refractivity contribution in [3.05, 3.63) is 88.9 Å². The average molecular weight is 474 g/mol. The Labute approximate surface area is 189 Å². The molecule has 3 aromatic rings. The number of carbonyl (C=O) groups is 2. The van der Waals surface area contributed by atoms with Gasteiger partial charge in [0.2, 0.25) is 10.0 Å². The van der Waals surface area contributed by atoms with Crippen molar-refractivity contribution >= 4 is 33.6 Å². The molecule has 0 bridgehead atoms. The molecule has 1 unspecified atom stereocenters. The molecule has 10 heteroatoms. The Bertz CT molecular complexity index is 1250. The molecule has 8 nitrogen and oxygen atoms in total. The van der Waals surface area contributed by atoms with Crippen LogP contribution in [0.15, 0.2) is 77.7 Å². The third-order valence-electron chi connectivity index (χ3n) is 4.36. The highest BCUT2D eigenvalue weighted by molar-refractivity contribution is 7.89. The maximum atomic E-state index is 12.9. The van der Waals surface area contributed by atoms with Gasteiger partial charge in [-0.1, -0.05) is 48.0 Å². The largest absolute Gasteiger partial charge is 0.550 e. The van der Waals surface area contributed by atoms with Crippen molar-refractivity contribution in [2.45, 2.75) is 17.4 Å². The van der Waals surface area contributed by atoms with Gasteiger partial charge in [0, 0.05) is 12.4 Å². The highest BCUT2D eigenvalue weighted by Gasteiger charge is 2.25. The van der Waals surface area contributed by atoms with E-state index in [2.05, 4.69) is 4.72 Å². The van der Waals surface area contributed by atoms with E-state index in [1.165, 1.54) is 12.1 Å². The number of hydrogen-bond acceptors (Lipinski definition) is 7. The van der Waals surface area contributed by atoms with Gasteiger partial charge in [0.25, 0.3) is 0 Å². The lowest BCUT2D eigenvalue weighted by Crippen LogP contribution is -2.34. The number of para-hydroxylation sites is 1. The Morgan fingerprint density at radius 2 is 1.62 bits per heavy atom. The van der Waals surface area contributed by atoms with Gasteiger partial charge in [-0.2, -0.15) is 0 Å². The molecule has 166 valence electrons. The maximum Gasteiger partial charge on any atom is 0.242 e. The zero-order valence-corrected chi connectivity index (χ0v) is 17.9. The van der Waals surface area contributed by atoms with Gasteiger partial charge < -0.3 is 24.5 Å². The van der Waals surface area contributed by atoms with E-state index in [0.29, 0.717) is 17.1 Å². The summed E-state index contributed by atoms with van der Waals surface area (Å²) in [6.45, 7) is 0. The van der Waals surface area contributed by atoms with Gasteiger partial charge >= 0.3 is 0 Å². The van der Waals surface area contributed by atoms with Crippen molar-refractivity contribution in [2.75, 3.05) is 0 Å². The molecule has 0 spiro atoms. The highest BCUT2D eigenvalue weighted by Crippen LogP contribution is 2.29. The van der Waals surface area contributed by atoms with Gasteiger partial charge in [-0.15, -0.1) is 0 Å². The maximum absolute atomic E-state index is 12.9. The lowest BCUT2D eigenvalue weighted by molar-refractivity contribution is -0.306. The molecule has 0 heterocycles. The lowest BCUT2D eigenvalue weighted by atomic mass is 10.0. The number of rotatable bonds is 9. The molecule has 0 radical (unpaired) electrons. The van der Waals surface area contributed by atoms with Crippen molar-refractivity contribution in [3.63, 3.8) is 0 Å². The molecule has 1 N–H and O–H groups in total. The van der Waals surface area contributed by atoms with Crippen molar-refractivity contribution in [2.24, 2.45) is 0 Å². The predicted octanol–water partition coefficient (Wildman–Crippen LogP) is 1.66. The second-order valence-electron chi connectivity index (χ2n) is 6.67. The molecule has 0 amide bonds. The topological polar surface area (TPSA) is 136 Å². The standard InChI is InChI=1S/C22H18ClNO7S/c23-18-10-9-15(22(27)28)12-20(18)32(29,30)24-19(13-21(25)26)14-5-4-8-17(11-14)31-16-6-2-1-3-7-16/h1-12,19,24H,13H2,(H,25,26)(H,27,28)/p-2. The van der Waals surface area contributed by atoms with Crippen LogP contribution in [0.2, 0.25) is 5.02 Å². The molecule has 0 fully saturated rings. The summed E-state index contributed by atoms with van der Waals surface area (Å²) < 4.78 is 33.8. The molecule has 3 rings (SSSR count). The number of carboxylic acids is 2. The monoisotopic (exact) mass is 473 g/mol. The first-order valence-electron chi connectivity index (χ1n) is 9.21. The van der Waals surface area contributed by atoms with Crippen LogP contribution in [0.1, 0.15) is 28.4 Å². The highest BCUT2D eigenvalue weighted by atomic mass is 35.5. The summed E-state index contributed by atoms with van der Waals surface area (Å²) in [5.74, 6) is -2.20. The van der Waals surface area contributed by atoms with Crippen LogP contribution in [0.4, 0.5) is 0 Å². The van der Waals surface area contributed by atoms with Gasteiger partial charge in [0.1, 0.15) is 16.4 Å². The number of aliphatic carboxylic acids is 1. The van der Waals surface area contributed by atoms with Crippen molar-refractivity contribution in [3.8, 4) is 11.5 Å². The molecule has 0 aliphatic heterocycles. The van der Waals surface area contributed by atoms with Crippen molar-refractivity contribution in [1.82, 2.24) is 4.72 Å². The molecule has 0 aromatic heterocycles. The molecule has 3 aromatic carbocycles. The Hall–Kier alpha value is -3.40. The minimum Gasteiger partial charge on any atom is -0.550 e. The predicted molar refractivity (Wildman–Crippen MR) is 111 cm³/mol. The number of benzene rings is 3. The normalized spacial score (nSPS) is 12.2. The summed E-state index contributed by atoms with van der Waals surface area (Å²) in [6, 6.07) is 16.8. The van der Waals surface area contributed by atoms with Gasteiger partial charge in [-0.05, 0) is 47.5 Å². The van der Waals surface area contributed by atoms with Crippen LogP contribution >= 0.6 is 11.6 Å². The van der Waals surface area contributed by atoms with Gasteiger partial charge in [-0.3, -0.25) is 0 Å². The molecule has 1 atom stereocenters. The minimum absolute atomic E-state index is 0.240. The van der Waals surface area contributed by atoms with Crippen LogP contribution in [0.5, 0.6) is 11.5 Å². The number of ether oxygens (including phenoxy) is 1. The van der Waals surface area contributed by atoms with Gasteiger partial charge in [0.15, 0.2) is 0 Å². The first kappa shape index (κ1) is 23.3. The number of halogens is 1.